The molecule has 0 heterocycles. The predicted molar refractivity (Wildman–Crippen MR) is 105 cm³/mol. The molecule has 0 aromatic heterocycles. The van der Waals surface area contributed by atoms with Crippen LogP contribution in [0, 0.1) is 5.92 Å². The molecule has 1 unspecified atom stereocenters. The van der Waals surface area contributed by atoms with Gasteiger partial charge in [-0.05, 0) is 42.7 Å². The molecule has 0 fully saturated rings. The van der Waals surface area contributed by atoms with Gasteiger partial charge in [0.15, 0.2) is 5.78 Å². The number of hydrogen-bond acceptors (Lipinski definition) is 3. The minimum Gasteiger partial charge on any atom is -0.462 e. The normalized spacial score (nSPS) is 11.8. The zero-order valence-electron chi connectivity index (χ0n) is 15.3. The van der Waals surface area contributed by atoms with Gasteiger partial charge in [0.05, 0.1) is 12.2 Å². The quantitative estimate of drug-likeness (QED) is 0.404. The summed E-state index contributed by atoms with van der Waals surface area (Å²) in [7, 11) is 0. The monoisotopic (exact) mass is 372 g/mol. The number of unbranched alkanes of at least 4 members (excludes halogenated alkanes) is 1. The average Bonchev–Trinajstić information content (AvgIpc) is 2.68. The molecular formula is C22H25ClO3. The summed E-state index contributed by atoms with van der Waals surface area (Å²) in [5.74, 6) is -0.303. The average molecular weight is 373 g/mol. The van der Waals surface area contributed by atoms with Gasteiger partial charge in [0.25, 0.3) is 0 Å². The Hall–Kier alpha value is -2.13. The lowest BCUT2D eigenvalue weighted by Gasteiger charge is -2.15. The Morgan fingerprint density at radius 2 is 1.65 bits per heavy atom. The largest absolute Gasteiger partial charge is 0.462 e. The zero-order chi connectivity index (χ0) is 18.9. The standard InChI is InChI=1S/C22H25ClO3/c1-3-5-8-16(4-2)15-26-22(25)20-10-7-6-9-19(20)21(24)17-11-13-18(23)14-12-17/h6-7,9-14,16H,3-5,8,15H2,1-2H3. The van der Waals surface area contributed by atoms with Crippen LogP contribution in [0.25, 0.3) is 0 Å². The Morgan fingerprint density at radius 3 is 2.27 bits per heavy atom. The van der Waals surface area contributed by atoms with Crippen LogP contribution in [-0.4, -0.2) is 18.4 Å². The molecule has 2 aromatic carbocycles. The van der Waals surface area contributed by atoms with Crippen LogP contribution in [0.2, 0.25) is 5.02 Å². The number of carbonyl (C=O) groups excluding carboxylic acids is 2. The van der Waals surface area contributed by atoms with Gasteiger partial charge in [0.1, 0.15) is 0 Å². The molecule has 138 valence electrons. The number of esters is 1. The highest BCUT2D eigenvalue weighted by Gasteiger charge is 2.20. The molecule has 2 rings (SSSR count). The van der Waals surface area contributed by atoms with Gasteiger partial charge in [0.2, 0.25) is 0 Å². The van der Waals surface area contributed by atoms with Gasteiger partial charge in [-0.15, -0.1) is 0 Å². The van der Waals surface area contributed by atoms with Gasteiger partial charge in [-0.1, -0.05) is 62.9 Å². The lowest BCUT2D eigenvalue weighted by molar-refractivity contribution is 0.0426. The number of carbonyl (C=O) groups is 2. The van der Waals surface area contributed by atoms with Crippen molar-refractivity contribution in [2.45, 2.75) is 39.5 Å². The van der Waals surface area contributed by atoms with Crippen molar-refractivity contribution in [3.05, 3.63) is 70.2 Å². The Bertz CT molecular complexity index is 737. The molecule has 0 aliphatic heterocycles. The molecule has 3 nitrogen and oxygen atoms in total. The number of ether oxygens (including phenoxy) is 1. The van der Waals surface area contributed by atoms with E-state index >= 15 is 0 Å². The fourth-order valence-corrected chi connectivity index (χ4v) is 2.91. The van der Waals surface area contributed by atoms with Crippen LogP contribution in [0.1, 0.15) is 65.8 Å². The van der Waals surface area contributed by atoms with Gasteiger partial charge in [-0.2, -0.15) is 0 Å². The second-order valence-corrected chi connectivity index (χ2v) is 6.83. The molecule has 0 radical (unpaired) electrons. The number of rotatable bonds is 9. The minimum atomic E-state index is -0.446. The van der Waals surface area contributed by atoms with Gasteiger partial charge in [-0.3, -0.25) is 4.79 Å². The summed E-state index contributed by atoms with van der Waals surface area (Å²) in [6.45, 7) is 4.64. The first kappa shape index (κ1) is 20.2. The number of ketones is 1. The molecule has 0 saturated carbocycles. The minimum absolute atomic E-state index is 0.216. The molecular weight excluding hydrogens is 348 g/mol. The first-order chi connectivity index (χ1) is 12.6. The van der Waals surface area contributed by atoms with Crippen LogP contribution in [0.4, 0.5) is 0 Å². The first-order valence-corrected chi connectivity index (χ1v) is 9.51. The third-order valence-electron chi connectivity index (χ3n) is 4.49. The molecule has 0 aliphatic carbocycles. The van der Waals surface area contributed by atoms with E-state index < -0.39 is 5.97 Å². The Kier molecular flexibility index (Phi) is 7.86. The molecule has 0 spiro atoms. The summed E-state index contributed by atoms with van der Waals surface area (Å²) >= 11 is 5.88. The first-order valence-electron chi connectivity index (χ1n) is 9.13. The van der Waals surface area contributed by atoms with Crippen molar-refractivity contribution in [3.63, 3.8) is 0 Å². The fraction of sp³-hybridized carbons (Fsp3) is 0.364. The van der Waals surface area contributed by atoms with E-state index in [0.717, 1.165) is 25.7 Å². The highest BCUT2D eigenvalue weighted by Crippen LogP contribution is 2.19. The van der Waals surface area contributed by atoms with Gasteiger partial charge in [0, 0.05) is 16.1 Å². The second-order valence-electron chi connectivity index (χ2n) is 6.40. The summed E-state index contributed by atoms with van der Waals surface area (Å²) in [6.07, 6.45) is 4.27. The highest BCUT2D eigenvalue weighted by molar-refractivity contribution is 6.30. The number of hydrogen-bond donors (Lipinski definition) is 0. The van der Waals surface area contributed by atoms with Gasteiger partial charge in [-0.25, -0.2) is 4.79 Å². The third kappa shape index (κ3) is 5.43. The summed E-state index contributed by atoms with van der Waals surface area (Å²) in [4.78, 5) is 25.3. The van der Waals surface area contributed by atoms with E-state index in [-0.39, 0.29) is 5.78 Å². The van der Waals surface area contributed by atoms with Crippen LogP contribution in [0.15, 0.2) is 48.5 Å². The Labute approximate surface area is 160 Å². The molecule has 26 heavy (non-hydrogen) atoms. The van der Waals surface area contributed by atoms with E-state index in [1.807, 2.05) is 0 Å². The van der Waals surface area contributed by atoms with Gasteiger partial charge >= 0.3 is 5.97 Å². The van der Waals surface area contributed by atoms with Crippen molar-refractivity contribution in [2.75, 3.05) is 6.61 Å². The van der Waals surface area contributed by atoms with Crippen molar-refractivity contribution in [2.24, 2.45) is 5.92 Å². The number of benzene rings is 2. The van der Waals surface area contributed by atoms with E-state index in [0.29, 0.717) is 34.2 Å². The molecule has 0 bridgehead atoms. The Morgan fingerprint density at radius 1 is 1.00 bits per heavy atom. The SMILES string of the molecule is CCCCC(CC)COC(=O)c1ccccc1C(=O)c1ccc(Cl)cc1. The van der Waals surface area contributed by atoms with E-state index in [1.165, 1.54) is 0 Å². The van der Waals surface area contributed by atoms with Crippen LogP contribution in [-0.2, 0) is 4.74 Å². The molecule has 0 amide bonds. The third-order valence-corrected chi connectivity index (χ3v) is 4.74. The number of halogens is 1. The highest BCUT2D eigenvalue weighted by atomic mass is 35.5. The molecule has 1 atom stereocenters. The maximum atomic E-state index is 12.8. The Balaban J connectivity index is 2.13. The molecule has 4 heteroatoms. The van der Waals surface area contributed by atoms with Crippen LogP contribution < -0.4 is 0 Å². The lowest BCUT2D eigenvalue weighted by Crippen LogP contribution is -2.17. The summed E-state index contributed by atoms with van der Waals surface area (Å²) in [6, 6.07) is 13.4. The zero-order valence-corrected chi connectivity index (χ0v) is 16.1. The maximum absolute atomic E-state index is 12.8. The molecule has 0 N–H and O–H groups in total. The smallest absolute Gasteiger partial charge is 0.338 e. The van der Waals surface area contributed by atoms with Crippen LogP contribution in [0.3, 0.4) is 0 Å². The molecule has 0 saturated heterocycles. The fourth-order valence-electron chi connectivity index (χ4n) is 2.79. The van der Waals surface area contributed by atoms with Gasteiger partial charge < -0.3 is 4.74 Å². The van der Waals surface area contributed by atoms with E-state index in [9.17, 15) is 9.59 Å². The molecule has 0 aliphatic rings. The van der Waals surface area contributed by atoms with Crippen molar-refractivity contribution >= 4 is 23.4 Å². The summed E-state index contributed by atoms with van der Waals surface area (Å²) in [5.41, 5.74) is 1.14. The van der Waals surface area contributed by atoms with Crippen molar-refractivity contribution in [1.29, 1.82) is 0 Å². The summed E-state index contributed by atoms with van der Waals surface area (Å²) < 4.78 is 5.51. The van der Waals surface area contributed by atoms with Crippen molar-refractivity contribution in [3.8, 4) is 0 Å². The van der Waals surface area contributed by atoms with Crippen molar-refractivity contribution in [1.82, 2.24) is 0 Å². The van der Waals surface area contributed by atoms with E-state index in [2.05, 4.69) is 13.8 Å². The lowest BCUT2D eigenvalue weighted by atomic mass is 9.98. The van der Waals surface area contributed by atoms with E-state index in [4.69, 9.17) is 16.3 Å². The van der Waals surface area contributed by atoms with E-state index in [1.54, 1.807) is 48.5 Å². The van der Waals surface area contributed by atoms with Crippen molar-refractivity contribution < 1.29 is 14.3 Å². The second kappa shape index (κ2) is 10.1. The van der Waals surface area contributed by atoms with Crippen LogP contribution >= 0.6 is 11.6 Å². The van der Waals surface area contributed by atoms with Crippen LogP contribution in [0.5, 0.6) is 0 Å². The maximum Gasteiger partial charge on any atom is 0.338 e. The predicted octanol–water partition coefficient (Wildman–Crippen LogP) is 5.94. The topological polar surface area (TPSA) is 43.4 Å². The molecule has 2 aromatic rings. The summed E-state index contributed by atoms with van der Waals surface area (Å²) in [5, 5.41) is 0.562.